The Bertz CT molecular complexity index is 834. The maximum absolute atomic E-state index is 13.8. The molecule has 0 spiro atoms. The van der Waals surface area contributed by atoms with E-state index in [9.17, 15) is 19.5 Å². The maximum Gasteiger partial charge on any atom is 0.305 e. The van der Waals surface area contributed by atoms with E-state index >= 15 is 0 Å². The highest BCUT2D eigenvalue weighted by atomic mass is 16.7. The van der Waals surface area contributed by atoms with Crippen LogP contribution in [0.25, 0.3) is 0 Å². The first kappa shape index (κ1) is 35.5. The van der Waals surface area contributed by atoms with Gasteiger partial charge in [0.2, 0.25) is 11.8 Å². The lowest BCUT2D eigenvalue weighted by atomic mass is 9.74. The highest BCUT2D eigenvalue weighted by molar-refractivity contribution is 5.84. The topological polar surface area (TPSA) is 114 Å². The molecule has 2 amide bonds. The normalized spacial score (nSPS) is 23.0. The molecule has 0 bridgehead atoms. The van der Waals surface area contributed by atoms with Crippen molar-refractivity contribution < 1.29 is 29.0 Å². The summed E-state index contributed by atoms with van der Waals surface area (Å²) < 4.78 is 11.8. The summed E-state index contributed by atoms with van der Waals surface area (Å²) in [6.45, 7) is 14.1. The molecular weight excluding hydrogens is 520 g/mol. The fraction of sp³-hybridized carbons (Fsp3) is 0.909. The Hall–Kier alpha value is -1.67. The van der Waals surface area contributed by atoms with Gasteiger partial charge in [0.05, 0.1) is 24.6 Å². The molecular formula is C33H60N2O6. The van der Waals surface area contributed by atoms with Gasteiger partial charge in [-0.2, -0.15) is 0 Å². The van der Waals surface area contributed by atoms with E-state index < -0.39 is 34.9 Å². The number of unbranched alkanes of at least 4 members (excludes halogenated alkanes) is 7. The Kier molecular flexibility index (Phi) is 14.1. The molecule has 1 aliphatic heterocycles. The predicted octanol–water partition coefficient (Wildman–Crippen LogP) is 6.75. The van der Waals surface area contributed by atoms with Gasteiger partial charge in [0.1, 0.15) is 6.10 Å². The third-order valence-corrected chi connectivity index (χ3v) is 9.13. The fourth-order valence-electron chi connectivity index (χ4n) is 6.47. The van der Waals surface area contributed by atoms with Crippen LogP contribution in [0.3, 0.4) is 0 Å². The van der Waals surface area contributed by atoms with Crippen molar-refractivity contribution in [1.82, 2.24) is 10.6 Å². The number of carbonyl (C=O) groups excluding carboxylic acids is 2. The van der Waals surface area contributed by atoms with Crippen LogP contribution >= 0.6 is 0 Å². The molecule has 2 aliphatic rings. The Morgan fingerprint density at radius 2 is 1.49 bits per heavy atom. The Labute approximate surface area is 249 Å². The van der Waals surface area contributed by atoms with E-state index in [0.29, 0.717) is 19.4 Å². The average Bonchev–Trinajstić information content (AvgIpc) is 2.89. The SMILES string of the molecule is CCCCCCCCCCC(C(=O)NC1(C(CC(=O)O)NC(=O)C2OC(C)(C)OCC2(C)C)CCCCC1)C(C)C. The molecule has 238 valence electrons. The number of aliphatic carboxylic acids is 1. The lowest BCUT2D eigenvalue weighted by Crippen LogP contribution is -2.67. The van der Waals surface area contributed by atoms with Crippen LogP contribution in [0, 0.1) is 17.3 Å². The van der Waals surface area contributed by atoms with Gasteiger partial charge in [-0.25, -0.2) is 0 Å². The zero-order chi connectivity index (χ0) is 30.7. The number of nitrogens with one attached hydrogen (secondary N) is 2. The van der Waals surface area contributed by atoms with Gasteiger partial charge in [0, 0.05) is 11.3 Å². The first-order valence-corrected chi connectivity index (χ1v) is 16.4. The minimum Gasteiger partial charge on any atom is -0.481 e. The highest BCUT2D eigenvalue weighted by Crippen LogP contribution is 2.37. The maximum atomic E-state index is 13.8. The quantitative estimate of drug-likeness (QED) is 0.164. The van der Waals surface area contributed by atoms with Gasteiger partial charge in [0.15, 0.2) is 5.79 Å². The van der Waals surface area contributed by atoms with Crippen molar-refractivity contribution >= 4 is 17.8 Å². The highest BCUT2D eigenvalue weighted by Gasteiger charge is 2.49. The minimum absolute atomic E-state index is 0.0155. The number of hydrogen-bond donors (Lipinski definition) is 3. The summed E-state index contributed by atoms with van der Waals surface area (Å²) in [6, 6.07) is -0.738. The van der Waals surface area contributed by atoms with Crippen LogP contribution in [0.2, 0.25) is 0 Å². The lowest BCUT2D eigenvalue weighted by molar-refractivity contribution is -0.304. The molecule has 2 fully saturated rings. The minimum atomic E-state index is -0.999. The molecule has 0 aromatic rings. The van der Waals surface area contributed by atoms with Crippen LogP contribution in [0.5, 0.6) is 0 Å². The molecule has 3 N–H and O–H groups in total. The molecule has 0 aromatic heterocycles. The monoisotopic (exact) mass is 580 g/mol. The van der Waals surface area contributed by atoms with Gasteiger partial charge in [-0.15, -0.1) is 0 Å². The molecule has 2 rings (SSSR count). The summed E-state index contributed by atoms with van der Waals surface area (Å²) >= 11 is 0. The molecule has 3 unspecified atom stereocenters. The second kappa shape index (κ2) is 16.3. The van der Waals surface area contributed by atoms with E-state index in [0.717, 1.165) is 38.5 Å². The third-order valence-electron chi connectivity index (χ3n) is 9.13. The number of hydrogen-bond acceptors (Lipinski definition) is 5. The van der Waals surface area contributed by atoms with E-state index in [1.165, 1.54) is 38.5 Å². The van der Waals surface area contributed by atoms with Crippen molar-refractivity contribution in [3.63, 3.8) is 0 Å². The van der Waals surface area contributed by atoms with Gasteiger partial charge in [0.25, 0.3) is 0 Å². The first-order valence-electron chi connectivity index (χ1n) is 16.4. The Balaban J connectivity index is 2.16. The van der Waals surface area contributed by atoms with Crippen molar-refractivity contribution in [2.45, 2.75) is 168 Å². The van der Waals surface area contributed by atoms with Crippen molar-refractivity contribution in [1.29, 1.82) is 0 Å². The van der Waals surface area contributed by atoms with Crippen molar-refractivity contribution in [3.05, 3.63) is 0 Å². The van der Waals surface area contributed by atoms with E-state index in [1.54, 1.807) is 13.8 Å². The van der Waals surface area contributed by atoms with Crippen LogP contribution < -0.4 is 10.6 Å². The molecule has 0 radical (unpaired) electrons. The molecule has 1 aliphatic carbocycles. The van der Waals surface area contributed by atoms with Gasteiger partial charge < -0.3 is 25.2 Å². The van der Waals surface area contributed by atoms with E-state index in [-0.39, 0.29) is 30.1 Å². The van der Waals surface area contributed by atoms with Crippen LogP contribution in [0.4, 0.5) is 0 Å². The molecule has 8 nitrogen and oxygen atoms in total. The second-order valence-corrected chi connectivity index (χ2v) is 14.2. The van der Waals surface area contributed by atoms with Crippen molar-refractivity contribution in [2.75, 3.05) is 6.61 Å². The van der Waals surface area contributed by atoms with Gasteiger partial charge in [-0.1, -0.05) is 105 Å². The van der Waals surface area contributed by atoms with Gasteiger partial charge >= 0.3 is 5.97 Å². The standard InChI is InChI=1S/C33H60N2O6/c1-8-9-10-11-12-13-14-16-19-25(24(2)3)29(38)35-33(20-17-15-18-21-33)26(22-27(36)37)34-30(39)28-31(4,5)23-40-32(6,7)41-28/h24-26,28H,8-23H2,1-7H3,(H,34,39)(H,35,38)(H,36,37). The lowest BCUT2D eigenvalue weighted by Gasteiger charge is -2.48. The Morgan fingerprint density at radius 3 is 2.05 bits per heavy atom. The third kappa shape index (κ3) is 11.2. The van der Waals surface area contributed by atoms with E-state index in [2.05, 4.69) is 31.4 Å². The molecule has 3 atom stereocenters. The molecule has 1 heterocycles. The van der Waals surface area contributed by atoms with Crippen molar-refractivity contribution in [2.24, 2.45) is 17.3 Å². The van der Waals surface area contributed by atoms with Crippen LogP contribution in [0.15, 0.2) is 0 Å². The molecule has 1 saturated heterocycles. The number of ether oxygens (including phenoxy) is 2. The van der Waals surface area contributed by atoms with Gasteiger partial charge in [-0.05, 0) is 39.0 Å². The Morgan fingerprint density at radius 1 is 0.902 bits per heavy atom. The zero-order valence-corrected chi connectivity index (χ0v) is 27.1. The number of carboxylic acid groups (broad SMARTS) is 1. The predicted molar refractivity (Wildman–Crippen MR) is 162 cm³/mol. The molecule has 0 aromatic carbocycles. The van der Waals surface area contributed by atoms with Crippen LogP contribution in [0.1, 0.15) is 145 Å². The van der Waals surface area contributed by atoms with Crippen molar-refractivity contribution in [3.8, 4) is 0 Å². The van der Waals surface area contributed by atoms with E-state index in [1.807, 2.05) is 13.8 Å². The first-order chi connectivity index (χ1) is 19.2. The van der Waals surface area contributed by atoms with E-state index in [4.69, 9.17) is 9.47 Å². The molecule has 1 saturated carbocycles. The number of rotatable bonds is 17. The zero-order valence-electron chi connectivity index (χ0n) is 27.1. The molecule has 8 heteroatoms. The summed E-state index contributed by atoms with van der Waals surface area (Å²) in [4.78, 5) is 39.6. The van der Waals surface area contributed by atoms with Gasteiger partial charge in [-0.3, -0.25) is 14.4 Å². The summed E-state index contributed by atoms with van der Waals surface area (Å²) in [7, 11) is 0. The largest absolute Gasteiger partial charge is 0.481 e. The number of carboxylic acids is 1. The summed E-state index contributed by atoms with van der Waals surface area (Å²) in [6.07, 6.45) is 13.6. The molecule has 41 heavy (non-hydrogen) atoms. The summed E-state index contributed by atoms with van der Waals surface area (Å²) in [5.41, 5.74) is -1.39. The second-order valence-electron chi connectivity index (χ2n) is 14.2. The fourth-order valence-corrected chi connectivity index (χ4v) is 6.47. The average molecular weight is 581 g/mol. The van der Waals surface area contributed by atoms with Crippen LogP contribution in [-0.2, 0) is 23.9 Å². The number of amides is 2. The summed E-state index contributed by atoms with van der Waals surface area (Å²) in [5.74, 6) is -2.26. The van der Waals surface area contributed by atoms with Crippen LogP contribution in [-0.4, -0.2) is 53.0 Å². The smallest absolute Gasteiger partial charge is 0.305 e. The summed E-state index contributed by atoms with van der Waals surface area (Å²) in [5, 5.41) is 16.3. The number of carbonyl (C=O) groups is 3.